The molecule has 1 aliphatic carbocycles. The van der Waals surface area contributed by atoms with Crippen LogP contribution in [0, 0.1) is 0 Å². The Morgan fingerprint density at radius 2 is 1.94 bits per heavy atom. The van der Waals surface area contributed by atoms with Crippen molar-refractivity contribution in [2.75, 3.05) is 32.7 Å². The normalized spacial score (nSPS) is 26.6. The van der Waals surface area contributed by atoms with E-state index in [2.05, 4.69) is 52.6 Å². The minimum atomic E-state index is 0.242. The number of carbonyl (C=O) groups is 1. The first kappa shape index (κ1) is 19.7. The summed E-state index contributed by atoms with van der Waals surface area (Å²) in [4.78, 5) is 31.4. The molecule has 168 valence electrons. The molecule has 0 aromatic carbocycles. The summed E-state index contributed by atoms with van der Waals surface area (Å²) >= 11 is 0. The molecule has 9 heteroatoms. The van der Waals surface area contributed by atoms with Crippen molar-refractivity contribution in [3.63, 3.8) is 0 Å². The van der Waals surface area contributed by atoms with E-state index in [-0.39, 0.29) is 6.03 Å². The monoisotopic (exact) mass is 434 g/mol. The van der Waals surface area contributed by atoms with Crippen LogP contribution >= 0.6 is 0 Å². The smallest absolute Gasteiger partial charge is 0.320 e. The van der Waals surface area contributed by atoms with Crippen LogP contribution in [0.4, 0.5) is 4.79 Å². The SMILES string of the molecule is C[C@H]1CCCN1C(=O)N1CCN(C2CC(n3cc(-c4ncnc5[nH]ccc45)cn3)C2)CC1. The molecule has 3 aliphatic rings. The number of likely N-dealkylation sites (tertiary alicyclic amines) is 1. The molecule has 1 N–H and O–H groups in total. The Labute approximate surface area is 187 Å². The van der Waals surface area contributed by atoms with Crippen molar-refractivity contribution in [2.24, 2.45) is 0 Å². The van der Waals surface area contributed by atoms with Crippen LogP contribution in [0.3, 0.4) is 0 Å². The molecule has 5 heterocycles. The highest BCUT2D eigenvalue weighted by molar-refractivity contribution is 5.89. The second kappa shape index (κ2) is 7.88. The maximum absolute atomic E-state index is 12.8. The number of urea groups is 1. The van der Waals surface area contributed by atoms with Crippen molar-refractivity contribution in [1.82, 2.24) is 39.4 Å². The van der Waals surface area contributed by atoms with Crippen LogP contribution in [0.15, 0.2) is 31.0 Å². The van der Waals surface area contributed by atoms with Gasteiger partial charge in [-0.25, -0.2) is 14.8 Å². The summed E-state index contributed by atoms with van der Waals surface area (Å²) in [6.45, 7) is 6.72. The van der Waals surface area contributed by atoms with Gasteiger partial charge in [0.15, 0.2) is 0 Å². The maximum Gasteiger partial charge on any atom is 0.320 e. The lowest BCUT2D eigenvalue weighted by Gasteiger charge is -2.46. The fraction of sp³-hybridized carbons (Fsp3) is 0.565. The first-order valence-corrected chi connectivity index (χ1v) is 11.8. The summed E-state index contributed by atoms with van der Waals surface area (Å²) in [5.41, 5.74) is 2.80. The van der Waals surface area contributed by atoms with E-state index in [1.165, 1.54) is 0 Å². The van der Waals surface area contributed by atoms with Gasteiger partial charge in [0.2, 0.25) is 0 Å². The number of amides is 2. The highest BCUT2D eigenvalue weighted by atomic mass is 16.2. The van der Waals surface area contributed by atoms with Crippen LogP contribution in [-0.4, -0.2) is 90.3 Å². The third-order valence-corrected chi connectivity index (χ3v) is 7.59. The Morgan fingerprint density at radius 1 is 1.09 bits per heavy atom. The highest BCUT2D eigenvalue weighted by Gasteiger charge is 2.38. The molecule has 1 saturated carbocycles. The molecular weight excluding hydrogens is 404 g/mol. The summed E-state index contributed by atoms with van der Waals surface area (Å²) in [7, 11) is 0. The number of nitrogens with zero attached hydrogens (tertiary/aromatic N) is 7. The van der Waals surface area contributed by atoms with Crippen molar-refractivity contribution in [3.05, 3.63) is 31.0 Å². The number of aromatic amines is 1. The lowest BCUT2D eigenvalue weighted by atomic mass is 9.85. The standard InChI is InChI=1S/C23H30N8O/c1-16-3-2-6-30(16)23(32)29-9-7-28(8-10-29)18-11-19(12-18)31-14-17(13-27-31)21-20-4-5-24-22(20)26-15-25-21/h4-5,13-16,18-19H,2-3,6-12H2,1H3,(H,24,25,26)/t16-,18?,19?/m0/s1. The molecule has 0 unspecified atom stereocenters. The van der Waals surface area contributed by atoms with Crippen LogP contribution in [-0.2, 0) is 0 Å². The zero-order valence-electron chi connectivity index (χ0n) is 18.5. The predicted molar refractivity (Wildman–Crippen MR) is 121 cm³/mol. The molecule has 3 aromatic rings. The number of nitrogens with one attached hydrogen (secondary N) is 1. The highest BCUT2D eigenvalue weighted by Crippen LogP contribution is 2.37. The fourth-order valence-corrected chi connectivity index (χ4v) is 5.51. The van der Waals surface area contributed by atoms with E-state index in [1.54, 1.807) is 6.33 Å². The Bertz CT molecular complexity index is 1110. The van der Waals surface area contributed by atoms with Crippen LogP contribution in [0.25, 0.3) is 22.3 Å². The van der Waals surface area contributed by atoms with Crippen molar-refractivity contribution in [1.29, 1.82) is 0 Å². The predicted octanol–water partition coefficient (Wildman–Crippen LogP) is 2.75. The summed E-state index contributed by atoms with van der Waals surface area (Å²) < 4.78 is 2.10. The van der Waals surface area contributed by atoms with E-state index in [9.17, 15) is 4.79 Å². The maximum atomic E-state index is 12.8. The number of fused-ring (bicyclic) bond motifs is 1. The van der Waals surface area contributed by atoms with Gasteiger partial charge in [-0.2, -0.15) is 5.10 Å². The Hall–Kier alpha value is -2.94. The molecule has 1 atom stereocenters. The second-order valence-electron chi connectivity index (χ2n) is 9.44. The molecule has 0 bridgehead atoms. The fourth-order valence-electron chi connectivity index (χ4n) is 5.51. The van der Waals surface area contributed by atoms with Gasteiger partial charge in [-0.3, -0.25) is 9.58 Å². The third kappa shape index (κ3) is 3.35. The number of aromatic nitrogens is 5. The molecular formula is C23H30N8O. The zero-order valence-corrected chi connectivity index (χ0v) is 18.5. The summed E-state index contributed by atoms with van der Waals surface area (Å²) in [5, 5.41) is 5.66. The number of hydrogen-bond acceptors (Lipinski definition) is 5. The molecule has 2 amide bonds. The molecule has 6 rings (SSSR count). The van der Waals surface area contributed by atoms with Gasteiger partial charge >= 0.3 is 6.03 Å². The van der Waals surface area contributed by atoms with Crippen molar-refractivity contribution in [2.45, 2.75) is 50.7 Å². The Kier molecular flexibility index (Phi) is 4.86. The lowest BCUT2D eigenvalue weighted by Crippen LogP contribution is -2.57. The van der Waals surface area contributed by atoms with E-state index < -0.39 is 0 Å². The van der Waals surface area contributed by atoms with Gasteiger partial charge in [0.25, 0.3) is 0 Å². The number of rotatable bonds is 3. The first-order chi connectivity index (χ1) is 15.7. The Balaban J connectivity index is 1.04. The number of H-pyrrole nitrogens is 1. The Morgan fingerprint density at radius 3 is 2.72 bits per heavy atom. The van der Waals surface area contributed by atoms with E-state index in [4.69, 9.17) is 0 Å². The minimum absolute atomic E-state index is 0.242. The molecule has 2 saturated heterocycles. The van der Waals surface area contributed by atoms with Crippen LogP contribution < -0.4 is 0 Å². The summed E-state index contributed by atoms with van der Waals surface area (Å²) in [6.07, 6.45) is 12.0. The number of hydrogen-bond donors (Lipinski definition) is 1. The van der Waals surface area contributed by atoms with Crippen LogP contribution in [0.5, 0.6) is 0 Å². The van der Waals surface area contributed by atoms with Gasteiger partial charge in [-0.15, -0.1) is 0 Å². The number of piperazine rings is 1. The van der Waals surface area contributed by atoms with Gasteiger partial charge in [0.1, 0.15) is 12.0 Å². The number of carbonyl (C=O) groups excluding carboxylic acids is 1. The second-order valence-corrected chi connectivity index (χ2v) is 9.44. The zero-order chi connectivity index (χ0) is 21.7. The quantitative estimate of drug-likeness (QED) is 0.685. The lowest BCUT2D eigenvalue weighted by molar-refractivity contribution is 0.0369. The third-order valence-electron chi connectivity index (χ3n) is 7.59. The minimum Gasteiger partial charge on any atom is -0.346 e. The molecule has 2 aliphatic heterocycles. The van der Waals surface area contributed by atoms with Crippen molar-refractivity contribution >= 4 is 17.1 Å². The molecule has 32 heavy (non-hydrogen) atoms. The average molecular weight is 435 g/mol. The molecule has 3 fully saturated rings. The van der Waals surface area contributed by atoms with Gasteiger partial charge in [-0.1, -0.05) is 0 Å². The molecule has 9 nitrogen and oxygen atoms in total. The van der Waals surface area contributed by atoms with Crippen molar-refractivity contribution in [3.8, 4) is 11.3 Å². The molecule has 0 radical (unpaired) electrons. The average Bonchev–Trinajstić information content (AvgIpc) is 3.53. The van der Waals surface area contributed by atoms with E-state index in [1.807, 2.05) is 18.5 Å². The first-order valence-electron chi connectivity index (χ1n) is 11.8. The summed E-state index contributed by atoms with van der Waals surface area (Å²) in [6, 6.07) is 3.67. The molecule has 0 spiro atoms. The van der Waals surface area contributed by atoms with Gasteiger partial charge in [0, 0.05) is 68.2 Å². The molecule has 3 aromatic heterocycles. The van der Waals surface area contributed by atoms with Gasteiger partial charge < -0.3 is 14.8 Å². The van der Waals surface area contributed by atoms with E-state index >= 15 is 0 Å². The van der Waals surface area contributed by atoms with Crippen LogP contribution in [0.2, 0.25) is 0 Å². The topological polar surface area (TPSA) is 86.2 Å². The van der Waals surface area contributed by atoms with E-state index in [0.29, 0.717) is 18.1 Å². The summed E-state index contributed by atoms with van der Waals surface area (Å²) in [5.74, 6) is 0. The van der Waals surface area contributed by atoms with E-state index in [0.717, 1.165) is 80.7 Å². The van der Waals surface area contributed by atoms with Gasteiger partial charge in [0.05, 0.1) is 17.9 Å². The largest absolute Gasteiger partial charge is 0.346 e. The van der Waals surface area contributed by atoms with Crippen LogP contribution in [0.1, 0.15) is 38.6 Å². The van der Waals surface area contributed by atoms with Gasteiger partial charge in [-0.05, 0) is 38.7 Å². The van der Waals surface area contributed by atoms with Crippen molar-refractivity contribution < 1.29 is 4.79 Å².